The Hall–Kier alpha value is -3.38. The van der Waals surface area contributed by atoms with Crippen LogP contribution < -0.4 is 0 Å². The third-order valence-electron chi connectivity index (χ3n) is 8.48. The van der Waals surface area contributed by atoms with Gasteiger partial charge in [0.2, 0.25) is 0 Å². The molecule has 0 saturated heterocycles. The van der Waals surface area contributed by atoms with Gasteiger partial charge in [0.1, 0.15) is 0 Å². The monoisotopic (exact) mass is 468 g/mol. The van der Waals surface area contributed by atoms with Gasteiger partial charge in [-0.2, -0.15) is 0 Å². The van der Waals surface area contributed by atoms with E-state index in [0.717, 1.165) is 6.42 Å². The van der Waals surface area contributed by atoms with Crippen LogP contribution in [0.15, 0.2) is 114 Å². The molecule has 3 aromatic rings. The minimum atomic E-state index is 0.0799. The Morgan fingerprint density at radius 3 is 2.19 bits per heavy atom. The van der Waals surface area contributed by atoms with Gasteiger partial charge in [-0.05, 0) is 82.1 Å². The van der Waals surface area contributed by atoms with E-state index >= 15 is 0 Å². The Morgan fingerprint density at radius 2 is 1.36 bits per heavy atom. The maximum absolute atomic E-state index is 2.48. The Morgan fingerprint density at radius 1 is 0.639 bits per heavy atom. The van der Waals surface area contributed by atoms with Gasteiger partial charge in [-0.3, -0.25) is 0 Å². The molecule has 0 radical (unpaired) electrons. The number of hydrogen-bond acceptors (Lipinski definition) is 0. The smallest absolute Gasteiger partial charge is 0.0221 e. The van der Waals surface area contributed by atoms with Crippen molar-refractivity contribution in [3.05, 3.63) is 125 Å². The summed E-state index contributed by atoms with van der Waals surface area (Å²) in [4.78, 5) is 0. The van der Waals surface area contributed by atoms with Gasteiger partial charge in [0.05, 0.1) is 0 Å². The molecule has 0 aromatic heterocycles. The molecule has 0 unspecified atom stereocenters. The van der Waals surface area contributed by atoms with Crippen molar-refractivity contribution in [2.75, 3.05) is 0 Å². The van der Waals surface area contributed by atoms with Gasteiger partial charge in [0, 0.05) is 5.41 Å². The van der Waals surface area contributed by atoms with Crippen molar-refractivity contribution in [2.24, 2.45) is 0 Å². The molecule has 180 valence electrons. The SMILES string of the molecule is C/C1=C/C=C/C=C2/C(=C\C=C\C=C\C1)c1ccc3cc4ccccc4cc3c1C21CCCCCCC1. The maximum Gasteiger partial charge on any atom is 0.0221 e. The van der Waals surface area contributed by atoms with E-state index in [0.29, 0.717) is 0 Å². The number of rotatable bonds is 0. The fraction of sp³-hybridized carbons (Fsp3) is 0.278. The molecule has 0 heterocycles. The van der Waals surface area contributed by atoms with Crippen molar-refractivity contribution in [3.8, 4) is 0 Å². The first-order valence-electron chi connectivity index (χ1n) is 13.8. The third-order valence-corrected chi connectivity index (χ3v) is 8.48. The van der Waals surface area contributed by atoms with E-state index in [1.54, 1.807) is 5.56 Å². The van der Waals surface area contributed by atoms with E-state index in [9.17, 15) is 0 Å². The summed E-state index contributed by atoms with van der Waals surface area (Å²) in [7, 11) is 0. The summed E-state index contributed by atoms with van der Waals surface area (Å²) in [5.41, 5.74) is 7.42. The topological polar surface area (TPSA) is 0 Å². The second kappa shape index (κ2) is 9.94. The van der Waals surface area contributed by atoms with Crippen LogP contribution in [0.5, 0.6) is 0 Å². The van der Waals surface area contributed by atoms with Gasteiger partial charge in [0.15, 0.2) is 0 Å². The molecule has 0 atom stereocenters. The molecule has 1 fully saturated rings. The van der Waals surface area contributed by atoms with Crippen LogP contribution in [0.4, 0.5) is 0 Å². The fourth-order valence-electron chi connectivity index (χ4n) is 6.74. The van der Waals surface area contributed by atoms with Crippen molar-refractivity contribution in [3.63, 3.8) is 0 Å². The van der Waals surface area contributed by atoms with Crippen LogP contribution in [0, 0.1) is 0 Å². The molecule has 6 rings (SSSR count). The Balaban J connectivity index is 1.66. The van der Waals surface area contributed by atoms with Crippen molar-refractivity contribution < 1.29 is 0 Å². The predicted molar refractivity (Wildman–Crippen MR) is 157 cm³/mol. The summed E-state index contributed by atoms with van der Waals surface area (Å²) in [6, 6.07) is 18.5. The number of hydrogen-bond donors (Lipinski definition) is 0. The molecule has 3 aliphatic rings. The molecular weight excluding hydrogens is 432 g/mol. The zero-order valence-corrected chi connectivity index (χ0v) is 21.5. The molecular formula is C36H36. The average molecular weight is 469 g/mol. The van der Waals surface area contributed by atoms with Gasteiger partial charge in [-0.15, -0.1) is 0 Å². The summed E-state index contributed by atoms with van der Waals surface area (Å²) in [6.07, 6.45) is 30.6. The van der Waals surface area contributed by atoms with Gasteiger partial charge in [-0.25, -0.2) is 0 Å². The van der Waals surface area contributed by atoms with E-state index in [1.807, 2.05) is 0 Å². The summed E-state index contributed by atoms with van der Waals surface area (Å²) in [5.74, 6) is 0. The van der Waals surface area contributed by atoms with Crippen molar-refractivity contribution in [2.45, 2.75) is 63.7 Å². The molecule has 3 aromatic carbocycles. The van der Waals surface area contributed by atoms with Crippen molar-refractivity contribution >= 4 is 27.1 Å². The van der Waals surface area contributed by atoms with E-state index < -0.39 is 0 Å². The Kier molecular flexibility index (Phi) is 6.36. The number of benzene rings is 3. The highest BCUT2D eigenvalue weighted by atomic mass is 14.5. The lowest BCUT2D eigenvalue weighted by Crippen LogP contribution is -2.26. The molecule has 0 amide bonds. The predicted octanol–water partition coefficient (Wildman–Crippen LogP) is 10.3. The van der Waals surface area contributed by atoms with Gasteiger partial charge < -0.3 is 0 Å². The highest BCUT2D eigenvalue weighted by Crippen LogP contribution is 2.58. The van der Waals surface area contributed by atoms with Crippen LogP contribution in [0.3, 0.4) is 0 Å². The minimum Gasteiger partial charge on any atom is -0.0805 e. The molecule has 0 nitrogen and oxygen atoms in total. The molecule has 1 saturated carbocycles. The second-order valence-corrected chi connectivity index (χ2v) is 10.8. The normalized spacial score (nSPS) is 26.9. The first-order chi connectivity index (χ1) is 17.8. The molecule has 3 aliphatic carbocycles. The highest BCUT2D eigenvalue weighted by molar-refractivity contribution is 6.05. The van der Waals surface area contributed by atoms with Crippen LogP contribution in [0.25, 0.3) is 27.1 Å². The van der Waals surface area contributed by atoms with Crippen LogP contribution in [-0.4, -0.2) is 0 Å². The van der Waals surface area contributed by atoms with Gasteiger partial charge in [0.25, 0.3) is 0 Å². The van der Waals surface area contributed by atoms with E-state index in [2.05, 4.69) is 110 Å². The molecule has 0 N–H and O–H groups in total. The minimum absolute atomic E-state index is 0.0799. The first-order valence-corrected chi connectivity index (χ1v) is 13.8. The van der Waals surface area contributed by atoms with E-state index in [4.69, 9.17) is 0 Å². The summed E-state index contributed by atoms with van der Waals surface area (Å²) in [5, 5.41) is 5.49. The molecule has 1 spiro atoms. The average Bonchev–Trinajstić information content (AvgIpc) is 3.14. The van der Waals surface area contributed by atoms with Gasteiger partial charge in [-0.1, -0.05) is 129 Å². The van der Waals surface area contributed by atoms with Crippen molar-refractivity contribution in [1.29, 1.82) is 0 Å². The molecule has 0 aliphatic heterocycles. The fourth-order valence-corrected chi connectivity index (χ4v) is 6.74. The lowest BCUT2D eigenvalue weighted by molar-refractivity contribution is 0.375. The zero-order chi connectivity index (χ0) is 24.4. The standard InChI is InChI=1S/C36H36/c1-27-15-7-3-4-8-19-31-32-22-21-30-25-28-17-10-11-18-29(28)26-33(30)35(32)36(34(31)20-12-9-16-27)23-13-5-2-6-14-24-36/h3-4,7-12,16-22,25-26H,2,5-6,13-15,23-24H2,1H3/b7-3+,8-4+,12-9+,27-16-,31-19-,34-20-. The van der Waals surface area contributed by atoms with Crippen LogP contribution >= 0.6 is 0 Å². The first kappa shape index (κ1) is 23.0. The Bertz CT molecular complexity index is 1470. The summed E-state index contributed by atoms with van der Waals surface area (Å²) >= 11 is 0. The summed E-state index contributed by atoms with van der Waals surface area (Å²) in [6.45, 7) is 2.22. The zero-order valence-electron chi connectivity index (χ0n) is 21.5. The van der Waals surface area contributed by atoms with Crippen LogP contribution in [0.2, 0.25) is 0 Å². The number of fused-ring (bicyclic) bond motifs is 8. The molecule has 0 heteroatoms. The van der Waals surface area contributed by atoms with Crippen LogP contribution in [0.1, 0.15) is 69.4 Å². The van der Waals surface area contributed by atoms with Crippen LogP contribution in [-0.2, 0) is 5.41 Å². The maximum atomic E-state index is 2.48. The molecule has 0 bridgehead atoms. The Labute approximate surface area is 216 Å². The van der Waals surface area contributed by atoms with Gasteiger partial charge >= 0.3 is 0 Å². The second-order valence-electron chi connectivity index (χ2n) is 10.8. The highest BCUT2D eigenvalue weighted by Gasteiger charge is 2.45. The van der Waals surface area contributed by atoms with E-state index in [1.165, 1.54) is 88.8 Å². The van der Waals surface area contributed by atoms with E-state index in [-0.39, 0.29) is 5.41 Å². The molecule has 36 heavy (non-hydrogen) atoms. The summed E-state index contributed by atoms with van der Waals surface area (Å²) < 4.78 is 0. The lowest BCUT2D eigenvalue weighted by atomic mass is 9.68. The largest absolute Gasteiger partial charge is 0.0805 e. The quantitative estimate of drug-likeness (QED) is 0.288. The number of allylic oxidation sites excluding steroid dienone is 12. The third kappa shape index (κ3) is 4.13. The lowest BCUT2D eigenvalue weighted by Gasteiger charge is -2.35. The van der Waals surface area contributed by atoms with Crippen molar-refractivity contribution in [1.82, 2.24) is 0 Å².